The highest BCUT2D eigenvalue weighted by molar-refractivity contribution is 5.80. The summed E-state index contributed by atoms with van der Waals surface area (Å²) in [6, 6.07) is 3.72. The van der Waals surface area contributed by atoms with Gasteiger partial charge in [0.1, 0.15) is 11.6 Å². The molecule has 1 aromatic carbocycles. The Morgan fingerprint density at radius 2 is 2.14 bits per heavy atom. The van der Waals surface area contributed by atoms with E-state index in [1.807, 2.05) is 13.8 Å². The third kappa shape index (κ3) is 6.53. The zero-order valence-electron chi connectivity index (χ0n) is 12.7. The van der Waals surface area contributed by atoms with E-state index < -0.39 is 11.6 Å². The molecule has 0 saturated heterocycles. The standard InChI is InChI=1S/C15H23F2N3O/c1-4-18-15(20-11(2)10-21-3)19-8-7-12-5-6-13(16)9-14(12)17/h5-6,9,11H,4,7-8,10H2,1-3H3,(H2,18,19,20). The Kier molecular flexibility index (Phi) is 7.68. The van der Waals surface area contributed by atoms with Gasteiger partial charge in [-0.05, 0) is 31.9 Å². The van der Waals surface area contributed by atoms with E-state index >= 15 is 0 Å². The molecule has 0 spiro atoms. The number of rotatable bonds is 7. The lowest BCUT2D eigenvalue weighted by Crippen LogP contribution is -2.44. The molecule has 21 heavy (non-hydrogen) atoms. The summed E-state index contributed by atoms with van der Waals surface area (Å²) in [5, 5.41) is 6.30. The van der Waals surface area contributed by atoms with Gasteiger partial charge in [-0.2, -0.15) is 0 Å². The number of hydrogen-bond donors (Lipinski definition) is 2. The molecule has 0 fully saturated rings. The Hall–Kier alpha value is -1.69. The van der Waals surface area contributed by atoms with Crippen LogP contribution in [0.15, 0.2) is 23.2 Å². The van der Waals surface area contributed by atoms with E-state index in [1.54, 1.807) is 7.11 Å². The first kappa shape index (κ1) is 17.4. The van der Waals surface area contributed by atoms with Crippen molar-refractivity contribution in [2.45, 2.75) is 26.3 Å². The maximum atomic E-state index is 13.5. The Balaban J connectivity index is 2.57. The van der Waals surface area contributed by atoms with Crippen molar-refractivity contribution in [3.05, 3.63) is 35.4 Å². The third-order valence-electron chi connectivity index (χ3n) is 2.81. The Bertz CT molecular complexity index is 466. The Labute approximate surface area is 124 Å². The predicted octanol–water partition coefficient (Wildman–Crippen LogP) is 2.10. The molecule has 1 atom stereocenters. The van der Waals surface area contributed by atoms with E-state index in [0.29, 0.717) is 31.1 Å². The lowest BCUT2D eigenvalue weighted by atomic mass is 10.1. The smallest absolute Gasteiger partial charge is 0.191 e. The van der Waals surface area contributed by atoms with Gasteiger partial charge >= 0.3 is 0 Å². The van der Waals surface area contributed by atoms with Gasteiger partial charge in [0.05, 0.1) is 6.61 Å². The highest BCUT2D eigenvalue weighted by Crippen LogP contribution is 2.10. The molecule has 1 aromatic rings. The number of guanidine groups is 1. The van der Waals surface area contributed by atoms with Gasteiger partial charge in [-0.15, -0.1) is 0 Å². The maximum Gasteiger partial charge on any atom is 0.191 e. The fourth-order valence-corrected chi connectivity index (χ4v) is 1.86. The van der Waals surface area contributed by atoms with Crippen molar-refractivity contribution in [2.75, 3.05) is 26.8 Å². The van der Waals surface area contributed by atoms with Crippen molar-refractivity contribution in [1.29, 1.82) is 0 Å². The fourth-order valence-electron chi connectivity index (χ4n) is 1.86. The average molecular weight is 299 g/mol. The average Bonchev–Trinajstić information content (AvgIpc) is 2.41. The van der Waals surface area contributed by atoms with E-state index in [4.69, 9.17) is 4.74 Å². The van der Waals surface area contributed by atoms with Gasteiger partial charge < -0.3 is 15.4 Å². The number of methoxy groups -OCH3 is 1. The van der Waals surface area contributed by atoms with Crippen molar-refractivity contribution in [1.82, 2.24) is 10.6 Å². The second-order valence-corrected chi connectivity index (χ2v) is 4.75. The van der Waals surface area contributed by atoms with Crippen molar-refractivity contribution in [2.24, 2.45) is 4.99 Å². The summed E-state index contributed by atoms with van der Waals surface area (Å²) < 4.78 is 31.4. The number of benzene rings is 1. The molecule has 0 aliphatic heterocycles. The minimum atomic E-state index is -0.567. The number of halogens is 2. The molecule has 0 amide bonds. The molecular formula is C15H23F2N3O. The van der Waals surface area contributed by atoms with E-state index in [0.717, 1.165) is 12.6 Å². The van der Waals surface area contributed by atoms with Crippen LogP contribution in [-0.4, -0.2) is 38.8 Å². The monoisotopic (exact) mass is 299 g/mol. The number of ether oxygens (including phenoxy) is 1. The number of aliphatic imine (C=N–C) groups is 1. The van der Waals surface area contributed by atoms with Crippen LogP contribution in [0, 0.1) is 11.6 Å². The minimum Gasteiger partial charge on any atom is -0.383 e. The first-order chi connectivity index (χ1) is 10.1. The summed E-state index contributed by atoms with van der Waals surface area (Å²) in [7, 11) is 1.64. The summed E-state index contributed by atoms with van der Waals surface area (Å²) in [4.78, 5) is 4.37. The molecule has 2 N–H and O–H groups in total. The van der Waals surface area contributed by atoms with E-state index in [-0.39, 0.29) is 6.04 Å². The number of nitrogens with one attached hydrogen (secondary N) is 2. The largest absolute Gasteiger partial charge is 0.383 e. The quantitative estimate of drug-likeness (QED) is 0.599. The minimum absolute atomic E-state index is 0.121. The molecular weight excluding hydrogens is 276 g/mol. The second kappa shape index (κ2) is 9.28. The zero-order chi connectivity index (χ0) is 15.7. The van der Waals surface area contributed by atoms with Gasteiger partial charge in [-0.25, -0.2) is 8.78 Å². The van der Waals surface area contributed by atoms with Crippen LogP contribution in [0.1, 0.15) is 19.4 Å². The summed E-state index contributed by atoms with van der Waals surface area (Å²) in [6.45, 7) is 5.67. The van der Waals surface area contributed by atoms with Crippen LogP contribution in [0.25, 0.3) is 0 Å². The first-order valence-electron chi connectivity index (χ1n) is 7.04. The van der Waals surface area contributed by atoms with Crippen molar-refractivity contribution < 1.29 is 13.5 Å². The summed E-state index contributed by atoms with van der Waals surface area (Å²) in [6.07, 6.45) is 0.418. The lowest BCUT2D eigenvalue weighted by Gasteiger charge is -2.17. The molecule has 0 radical (unpaired) electrons. The highest BCUT2D eigenvalue weighted by Gasteiger charge is 2.06. The summed E-state index contributed by atoms with van der Waals surface area (Å²) in [5.41, 5.74) is 0.459. The molecule has 0 heterocycles. The van der Waals surface area contributed by atoms with Crippen LogP contribution >= 0.6 is 0 Å². The molecule has 118 valence electrons. The van der Waals surface area contributed by atoms with Crippen LogP contribution < -0.4 is 10.6 Å². The van der Waals surface area contributed by atoms with Gasteiger partial charge in [0, 0.05) is 32.3 Å². The predicted molar refractivity (Wildman–Crippen MR) is 80.5 cm³/mol. The van der Waals surface area contributed by atoms with Crippen molar-refractivity contribution in [3.8, 4) is 0 Å². The lowest BCUT2D eigenvalue weighted by molar-refractivity contribution is 0.179. The maximum absolute atomic E-state index is 13.5. The second-order valence-electron chi connectivity index (χ2n) is 4.75. The van der Waals surface area contributed by atoms with Crippen LogP contribution in [0.5, 0.6) is 0 Å². The highest BCUT2D eigenvalue weighted by atomic mass is 19.1. The van der Waals surface area contributed by atoms with Crippen LogP contribution in [0.4, 0.5) is 8.78 Å². The number of hydrogen-bond acceptors (Lipinski definition) is 2. The van der Waals surface area contributed by atoms with Crippen LogP contribution in [-0.2, 0) is 11.2 Å². The summed E-state index contributed by atoms with van der Waals surface area (Å²) >= 11 is 0. The van der Waals surface area contributed by atoms with Gasteiger partial charge in [-0.3, -0.25) is 4.99 Å². The topological polar surface area (TPSA) is 45.7 Å². The van der Waals surface area contributed by atoms with Gasteiger partial charge in [-0.1, -0.05) is 6.07 Å². The van der Waals surface area contributed by atoms with Crippen molar-refractivity contribution in [3.63, 3.8) is 0 Å². The Morgan fingerprint density at radius 1 is 1.38 bits per heavy atom. The molecule has 0 saturated carbocycles. The fraction of sp³-hybridized carbons (Fsp3) is 0.533. The van der Waals surface area contributed by atoms with E-state index in [9.17, 15) is 8.78 Å². The normalized spacial score (nSPS) is 13.1. The van der Waals surface area contributed by atoms with Crippen molar-refractivity contribution >= 4 is 5.96 Å². The van der Waals surface area contributed by atoms with E-state index in [1.165, 1.54) is 12.1 Å². The van der Waals surface area contributed by atoms with Crippen LogP contribution in [0.2, 0.25) is 0 Å². The molecule has 6 heteroatoms. The first-order valence-corrected chi connectivity index (χ1v) is 7.04. The molecule has 0 aliphatic rings. The third-order valence-corrected chi connectivity index (χ3v) is 2.81. The van der Waals surface area contributed by atoms with Gasteiger partial charge in [0.15, 0.2) is 5.96 Å². The Morgan fingerprint density at radius 3 is 2.76 bits per heavy atom. The van der Waals surface area contributed by atoms with E-state index in [2.05, 4.69) is 15.6 Å². The molecule has 4 nitrogen and oxygen atoms in total. The number of nitrogens with zero attached hydrogens (tertiary/aromatic N) is 1. The van der Waals surface area contributed by atoms with Gasteiger partial charge in [0.2, 0.25) is 0 Å². The van der Waals surface area contributed by atoms with Crippen LogP contribution in [0.3, 0.4) is 0 Å². The molecule has 0 bridgehead atoms. The molecule has 1 rings (SSSR count). The molecule has 0 aliphatic carbocycles. The molecule has 1 unspecified atom stereocenters. The van der Waals surface area contributed by atoms with Gasteiger partial charge in [0.25, 0.3) is 0 Å². The SMILES string of the molecule is CCNC(=NCCc1ccc(F)cc1F)NC(C)COC. The molecule has 0 aromatic heterocycles. The zero-order valence-corrected chi connectivity index (χ0v) is 12.7. The summed E-state index contributed by atoms with van der Waals surface area (Å²) in [5.74, 6) is -0.441.